The van der Waals surface area contributed by atoms with Gasteiger partial charge >= 0.3 is 0 Å². The van der Waals surface area contributed by atoms with Gasteiger partial charge in [-0.15, -0.1) is 0 Å². The lowest BCUT2D eigenvalue weighted by molar-refractivity contribution is -0.166. The summed E-state index contributed by atoms with van der Waals surface area (Å²) in [6, 6.07) is 5.13. The highest BCUT2D eigenvalue weighted by Crippen LogP contribution is 2.50. The van der Waals surface area contributed by atoms with Gasteiger partial charge in [0, 0.05) is 24.1 Å². The van der Waals surface area contributed by atoms with E-state index in [1.165, 1.54) is 0 Å². The minimum atomic E-state index is -1.00. The van der Waals surface area contributed by atoms with E-state index >= 15 is 0 Å². The van der Waals surface area contributed by atoms with Crippen LogP contribution in [0.2, 0.25) is 0 Å². The van der Waals surface area contributed by atoms with Gasteiger partial charge in [0.25, 0.3) is 5.91 Å². The van der Waals surface area contributed by atoms with Gasteiger partial charge in [-0.1, -0.05) is 13.8 Å². The number of ether oxygens (including phenoxy) is 2. The fourth-order valence-corrected chi connectivity index (χ4v) is 3.35. The topological polar surface area (TPSA) is 103 Å². The van der Waals surface area contributed by atoms with Gasteiger partial charge in [0.1, 0.15) is 11.3 Å². The molecule has 1 aromatic rings. The summed E-state index contributed by atoms with van der Waals surface area (Å²) in [5, 5.41) is 5.62. The van der Waals surface area contributed by atoms with Crippen LogP contribution in [-0.4, -0.2) is 36.2 Å². The first-order valence-electron chi connectivity index (χ1n) is 8.52. The number of benzene rings is 1. The quantitative estimate of drug-likeness (QED) is 0.772. The van der Waals surface area contributed by atoms with Crippen LogP contribution >= 0.6 is 0 Å². The highest BCUT2D eigenvalue weighted by molar-refractivity contribution is 6.02. The molecule has 4 N–H and O–H groups in total. The second-order valence-corrected chi connectivity index (χ2v) is 7.26. The third kappa shape index (κ3) is 2.77. The number of carbonyl (C=O) groups excluding carboxylic acids is 2. The summed E-state index contributed by atoms with van der Waals surface area (Å²) in [6.45, 7) is 8.09. The van der Waals surface area contributed by atoms with E-state index in [1.807, 2.05) is 20.8 Å². The van der Waals surface area contributed by atoms with Gasteiger partial charge in [-0.2, -0.15) is 0 Å². The number of nitrogens with two attached hydrogens (primary N) is 1. The Labute approximate surface area is 147 Å². The molecule has 0 spiro atoms. The average molecular weight is 347 g/mol. The first kappa shape index (κ1) is 17.7. The summed E-state index contributed by atoms with van der Waals surface area (Å²) in [4.78, 5) is 24.5. The van der Waals surface area contributed by atoms with Crippen molar-refractivity contribution in [2.75, 3.05) is 17.2 Å². The van der Waals surface area contributed by atoms with Gasteiger partial charge in [-0.3, -0.25) is 9.59 Å². The SMILES string of the molecule is CCOC1CC(N)(C(=O)Nc2ccc3c(c2)NC(=O)C(C)O3)C1(C)C. The van der Waals surface area contributed by atoms with E-state index in [1.54, 1.807) is 25.1 Å². The third-order valence-corrected chi connectivity index (χ3v) is 5.40. The molecule has 1 aliphatic heterocycles. The predicted molar refractivity (Wildman–Crippen MR) is 94.5 cm³/mol. The molecule has 25 heavy (non-hydrogen) atoms. The zero-order valence-electron chi connectivity index (χ0n) is 15.0. The number of rotatable bonds is 4. The predicted octanol–water partition coefficient (Wildman–Crippen LogP) is 1.88. The molecule has 136 valence electrons. The van der Waals surface area contributed by atoms with Gasteiger partial charge in [-0.05, 0) is 32.0 Å². The Hall–Kier alpha value is -2.12. The van der Waals surface area contributed by atoms with Crippen LogP contribution in [0.25, 0.3) is 0 Å². The Kier molecular flexibility index (Phi) is 4.25. The third-order valence-electron chi connectivity index (χ3n) is 5.40. The van der Waals surface area contributed by atoms with Crippen molar-refractivity contribution in [1.82, 2.24) is 0 Å². The molecule has 7 heteroatoms. The van der Waals surface area contributed by atoms with Crippen LogP contribution in [0.5, 0.6) is 5.75 Å². The Morgan fingerprint density at radius 3 is 2.84 bits per heavy atom. The molecule has 2 aliphatic rings. The number of amides is 2. The van der Waals surface area contributed by atoms with Gasteiger partial charge in [-0.25, -0.2) is 0 Å². The standard InChI is InChI=1S/C18H25N3O4/c1-5-24-14-9-18(19,17(14,3)4)16(23)20-11-6-7-13-12(8-11)21-15(22)10(2)25-13/h6-8,10,14H,5,9,19H2,1-4H3,(H,20,23)(H,21,22). The molecule has 0 radical (unpaired) electrons. The zero-order valence-corrected chi connectivity index (χ0v) is 15.0. The largest absolute Gasteiger partial charge is 0.479 e. The number of anilines is 2. The van der Waals surface area contributed by atoms with Crippen LogP contribution in [0.4, 0.5) is 11.4 Å². The molecule has 0 bridgehead atoms. The number of nitrogens with one attached hydrogen (secondary N) is 2. The van der Waals surface area contributed by atoms with E-state index in [4.69, 9.17) is 15.2 Å². The summed E-state index contributed by atoms with van der Waals surface area (Å²) >= 11 is 0. The van der Waals surface area contributed by atoms with E-state index in [0.717, 1.165) is 0 Å². The Balaban J connectivity index is 1.74. The van der Waals surface area contributed by atoms with Crippen molar-refractivity contribution in [3.8, 4) is 5.75 Å². The van der Waals surface area contributed by atoms with Crippen molar-refractivity contribution in [2.45, 2.75) is 51.9 Å². The molecule has 1 aromatic carbocycles. The smallest absolute Gasteiger partial charge is 0.265 e. The highest BCUT2D eigenvalue weighted by atomic mass is 16.5. The number of hydrogen-bond donors (Lipinski definition) is 3. The lowest BCUT2D eigenvalue weighted by atomic mass is 9.54. The van der Waals surface area contributed by atoms with Crippen LogP contribution in [-0.2, 0) is 14.3 Å². The molecular weight excluding hydrogens is 322 g/mol. The van der Waals surface area contributed by atoms with Gasteiger partial charge in [0.2, 0.25) is 5.91 Å². The van der Waals surface area contributed by atoms with Crippen LogP contribution in [0.15, 0.2) is 18.2 Å². The van der Waals surface area contributed by atoms with Gasteiger partial charge < -0.3 is 25.8 Å². The van der Waals surface area contributed by atoms with E-state index < -0.39 is 17.1 Å². The van der Waals surface area contributed by atoms with Gasteiger partial charge in [0.15, 0.2) is 6.10 Å². The lowest BCUT2D eigenvalue weighted by Crippen LogP contribution is -2.74. The van der Waals surface area contributed by atoms with Crippen molar-refractivity contribution in [3.05, 3.63) is 18.2 Å². The normalized spacial score (nSPS) is 29.7. The molecule has 0 saturated heterocycles. The summed E-state index contributed by atoms with van der Waals surface area (Å²) < 4.78 is 11.2. The fraction of sp³-hybridized carbons (Fsp3) is 0.556. The fourth-order valence-electron chi connectivity index (χ4n) is 3.35. The molecule has 2 amide bonds. The molecule has 0 aromatic heterocycles. The average Bonchev–Trinajstić information content (AvgIpc) is 2.55. The number of hydrogen-bond acceptors (Lipinski definition) is 5. The maximum Gasteiger partial charge on any atom is 0.265 e. The maximum absolute atomic E-state index is 12.8. The maximum atomic E-state index is 12.8. The van der Waals surface area contributed by atoms with Crippen LogP contribution in [0.3, 0.4) is 0 Å². The molecule has 1 heterocycles. The van der Waals surface area contributed by atoms with Crippen LogP contribution in [0.1, 0.15) is 34.1 Å². The highest BCUT2D eigenvalue weighted by Gasteiger charge is 2.62. The van der Waals surface area contributed by atoms with E-state index in [0.29, 0.717) is 30.2 Å². The summed E-state index contributed by atoms with van der Waals surface area (Å²) in [6.07, 6.45) is -0.0976. The Morgan fingerprint density at radius 2 is 2.20 bits per heavy atom. The lowest BCUT2D eigenvalue weighted by Gasteiger charge is -2.57. The molecule has 1 fully saturated rings. The molecule has 3 unspecified atom stereocenters. The summed E-state index contributed by atoms with van der Waals surface area (Å²) in [5.74, 6) is 0.101. The first-order valence-corrected chi connectivity index (χ1v) is 8.52. The molecule has 1 aliphatic carbocycles. The van der Waals surface area contributed by atoms with Crippen LogP contribution < -0.4 is 21.1 Å². The second kappa shape index (κ2) is 6.00. The minimum Gasteiger partial charge on any atom is -0.479 e. The first-order chi connectivity index (χ1) is 11.7. The number of fused-ring (bicyclic) bond motifs is 1. The summed E-state index contributed by atoms with van der Waals surface area (Å²) in [5.41, 5.74) is 6.01. The van der Waals surface area contributed by atoms with E-state index in [2.05, 4.69) is 10.6 Å². The van der Waals surface area contributed by atoms with Crippen LogP contribution in [0, 0.1) is 5.41 Å². The minimum absolute atomic E-state index is 0.0361. The van der Waals surface area contributed by atoms with E-state index in [9.17, 15) is 9.59 Å². The number of carbonyl (C=O) groups is 2. The van der Waals surface area contributed by atoms with Crippen molar-refractivity contribution in [2.24, 2.45) is 11.1 Å². The molecule has 3 rings (SSSR count). The molecular formula is C18H25N3O4. The molecule has 3 atom stereocenters. The monoisotopic (exact) mass is 347 g/mol. The Morgan fingerprint density at radius 1 is 1.48 bits per heavy atom. The Bertz CT molecular complexity index is 718. The van der Waals surface area contributed by atoms with E-state index in [-0.39, 0.29) is 17.9 Å². The molecule has 1 saturated carbocycles. The van der Waals surface area contributed by atoms with Crippen molar-refractivity contribution in [1.29, 1.82) is 0 Å². The molecule has 7 nitrogen and oxygen atoms in total. The second-order valence-electron chi connectivity index (χ2n) is 7.26. The summed E-state index contributed by atoms with van der Waals surface area (Å²) in [7, 11) is 0. The van der Waals surface area contributed by atoms with Gasteiger partial charge in [0.05, 0.1) is 11.8 Å². The van der Waals surface area contributed by atoms with Crippen molar-refractivity contribution in [3.63, 3.8) is 0 Å². The van der Waals surface area contributed by atoms with Crippen molar-refractivity contribution >= 4 is 23.2 Å². The zero-order chi connectivity index (χ0) is 18.4. The van der Waals surface area contributed by atoms with Crippen molar-refractivity contribution < 1.29 is 19.1 Å².